The Balaban J connectivity index is 1.55. The Morgan fingerprint density at radius 1 is 1.05 bits per heavy atom. The van der Waals surface area contributed by atoms with Crippen LogP contribution in [0.25, 0.3) is 0 Å². The van der Waals surface area contributed by atoms with Crippen LogP contribution in [0, 0.1) is 0 Å². The number of rotatable bonds is 1. The van der Waals surface area contributed by atoms with Gasteiger partial charge in [0.25, 0.3) is 0 Å². The summed E-state index contributed by atoms with van der Waals surface area (Å²) in [5.74, 6) is 1.02. The van der Waals surface area contributed by atoms with Crippen LogP contribution in [0.3, 0.4) is 0 Å². The van der Waals surface area contributed by atoms with Crippen molar-refractivity contribution in [1.82, 2.24) is 4.98 Å². The highest BCUT2D eigenvalue weighted by atomic mass is 15.2. The summed E-state index contributed by atoms with van der Waals surface area (Å²) >= 11 is 0. The molecule has 1 spiro atoms. The normalized spacial score (nSPS) is 19.7. The Bertz CT molecular complexity index is 657. The van der Waals surface area contributed by atoms with E-state index in [1.54, 1.807) is 17.3 Å². The van der Waals surface area contributed by atoms with E-state index in [-0.39, 0.29) is 0 Å². The molecule has 1 saturated heterocycles. The molecule has 2 aromatic rings. The molecule has 2 aliphatic rings. The second-order valence-corrected chi connectivity index (χ2v) is 6.37. The molecule has 0 unspecified atom stereocenters. The minimum absolute atomic E-state index is 0.410. The average molecular weight is 279 g/mol. The molecule has 1 fully saturated rings. The summed E-state index contributed by atoms with van der Waals surface area (Å²) in [5, 5.41) is 0. The summed E-state index contributed by atoms with van der Waals surface area (Å²) in [7, 11) is 0. The summed E-state index contributed by atoms with van der Waals surface area (Å²) in [6.07, 6.45) is 6.80. The van der Waals surface area contributed by atoms with Crippen molar-refractivity contribution in [1.29, 1.82) is 0 Å². The Labute approximate surface area is 125 Å². The molecule has 0 amide bonds. The molecule has 1 aromatic heterocycles. The van der Waals surface area contributed by atoms with Crippen molar-refractivity contribution in [3.05, 3.63) is 53.7 Å². The quantitative estimate of drug-likeness (QED) is 0.872. The van der Waals surface area contributed by atoms with Gasteiger partial charge in [0.05, 0.1) is 0 Å². The molecule has 2 heterocycles. The van der Waals surface area contributed by atoms with E-state index in [4.69, 9.17) is 5.73 Å². The number of aryl methyl sites for hydroxylation is 1. The van der Waals surface area contributed by atoms with Crippen molar-refractivity contribution in [2.45, 2.75) is 31.1 Å². The van der Waals surface area contributed by atoms with E-state index in [9.17, 15) is 0 Å². The molecular weight excluding hydrogens is 258 g/mol. The average Bonchev–Trinajstić information content (AvgIpc) is 2.87. The topological polar surface area (TPSA) is 42.1 Å². The van der Waals surface area contributed by atoms with Gasteiger partial charge in [0, 0.05) is 31.0 Å². The first-order chi connectivity index (χ1) is 10.3. The first-order valence-corrected chi connectivity index (χ1v) is 7.82. The lowest BCUT2D eigenvalue weighted by molar-refractivity contribution is 0.329. The van der Waals surface area contributed by atoms with Crippen LogP contribution >= 0.6 is 0 Å². The predicted molar refractivity (Wildman–Crippen MR) is 86.5 cm³/mol. The number of hydrogen-bond acceptors (Lipinski definition) is 3. The summed E-state index contributed by atoms with van der Waals surface area (Å²) < 4.78 is 0. The fourth-order valence-corrected chi connectivity index (χ4v) is 4.05. The zero-order valence-corrected chi connectivity index (χ0v) is 12.3. The maximum Gasteiger partial charge on any atom is 0.130 e. The molecule has 4 rings (SSSR count). The molecule has 0 bridgehead atoms. The monoisotopic (exact) mass is 279 g/mol. The number of fused-ring (bicyclic) bond motifs is 2. The fourth-order valence-electron chi connectivity index (χ4n) is 4.05. The molecule has 0 radical (unpaired) electrons. The van der Waals surface area contributed by atoms with E-state index in [1.807, 2.05) is 12.1 Å². The zero-order chi connectivity index (χ0) is 14.3. The Kier molecular flexibility index (Phi) is 2.88. The lowest BCUT2D eigenvalue weighted by Gasteiger charge is -2.40. The first kappa shape index (κ1) is 12.7. The largest absolute Gasteiger partial charge is 0.399 e. The van der Waals surface area contributed by atoms with Crippen molar-refractivity contribution < 1.29 is 0 Å². The molecule has 3 heteroatoms. The van der Waals surface area contributed by atoms with Gasteiger partial charge in [0.15, 0.2) is 0 Å². The lowest BCUT2D eigenvalue weighted by atomic mass is 9.74. The molecule has 21 heavy (non-hydrogen) atoms. The minimum atomic E-state index is 0.410. The predicted octanol–water partition coefficient (Wildman–Crippen LogP) is 3.15. The summed E-state index contributed by atoms with van der Waals surface area (Å²) in [5.41, 5.74) is 10.3. The molecular formula is C18H21N3. The molecule has 1 aromatic carbocycles. The Morgan fingerprint density at radius 2 is 1.86 bits per heavy atom. The zero-order valence-electron chi connectivity index (χ0n) is 12.3. The Hall–Kier alpha value is -2.03. The fraction of sp³-hybridized carbons (Fsp3) is 0.389. The maximum atomic E-state index is 5.88. The number of piperidine rings is 1. The number of nitrogen functional groups attached to an aromatic ring is 1. The van der Waals surface area contributed by atoms with E-state index in [2.05, 4.69) is 34.1 Å². The number of hydrogen-bond donors (Lipinski definition) is 1. The third kappa shape index (κ3) is 2.08. The molecule has 1 aliphatic heterocycles. The van der Waals surface area contributed by atoms with Gasteiger partial charge in [-0.05, 0) is 48.3 Å². The van der Waals surface area contributed by atoms with Crippen LogP contribution in [-0.2, 0) is 11.8 Å². The second kappa shape index (κ2) is 4.76. The first-order valence-electron chi connectivity index (χ1n) is 7.82. The van der Waals surface area contributed by atoms with Gasteiger partial charge in [-0.15, -0.1) is 0 Å². The smallest absolute Gasteiger partial charge is 0.130 e. The molecule has 0 saturated carbocycles. The van der Waals surface area contributed by atoms with Gasteiger partial charge in [-0.2, -0.15) is 0 Å². The van der Waals surface area contributed by atoms with Crippen LogP contribution in [0.5, 0.6) is 0 Å². The van der Waals surface area contributed by atoms with Crippen LogP contribution < -0.4 is 10.6 Å². The van der Waals surface area contributed by atoms with Crippen LogP contribution in [0.2, 0.25) is 0 Å². The van der Waals surface area contributed by atoms with E-state index in [0.717, 1.165) is 24.6 Å². The highest BCUT2D eigenvalue weighted by molar-refractivity contribution is 5.51. The number of pyridine rings is 1. The van der Waals surface area contributed by atoms with Crippen LogP contribution in [0.1, 0.15) is 30.4 Å². The van der Waals surface area contributed by atoms with Gasteiger partial charge in [0.2, 0.25) is 0 Å². The van der Waals surface area contributed by atoms with Crippen LogP contribution in [0.4, 0.5) is 11.5 Å². The minimum Gasteiger partial charge on any atom is -0.399 e. The molecule has 108 valence electrons. The van der Waals surface area contributed by atoms with Crippen molar-refractivity contribution in [3.63, 3.8) is 0 Å². The lowest BCUT2D eigenvalue weighted by Crippen LogP contribution is -2.41. The van der Waals surface area contributed by atoms with Gasteiger partial charge in [-0.3, -0.25) is 0 Å². The molecule has 2 N–H and O–H groups in total. The second-order valence-electron chi connectivity index (χ2n) is 6.37. The number of nitrogens with zero attached hydrogens (tertiary/aromatic N) is 2. The van der Waals surface area contributed by atoms with Gasteiger partial charge < -0.3 is 10.6 Å². The van der Waals surface area contributed by atoms with Gasteiger partial charge in [-0.25, -0.2) is 4.98 Å². The Morgan fingerprint density at radius 3 is 2.67 bits per heavy atom. The van der Waals surface area contributed by atoms with Gasteiger partial charge in [0.1, 0.15) is 5.82 Å². The number of nitrogens with two attached hydrogens (primary N) is 1. The van der Waals surface area contributed by atoms with Crippen LogP contribution in [0.15, 0.2) is 42.6 Å². The van der Waals surface area contributed by atoms with E-state index >= 15 is 0 Å². The summed E-state index contributed by atoms with van der Waals surface area (Å²) in [4.78, 5) is 6.85. The van der Waals surface area contributed by atoms with E-state index < -0.39 is 0 Å². The number of aromatic nitrogens is 1. The van der Waals surface area contributed by atoms with E-state index in [0.29, 0.717) is 5.41 Å². The highest BCUT2D eigenvalue weighted by Crippen LogP contribution is 2.46. The maximum absolute atomic E-state index is 5.88. The van der Waals surface area contributed by atoms with Crippen molar-refractivity contribution in [2.75, 3.05) is 23.7 Å². The SMILES string of the molecule is Nc1ccnc(N2CCC3(CCc4ccccc43)CC2)c1. The van der Waals surface area contributed by atoms with Crippen LogP contribution in [-0.4, -0.2) is 18.1 Å². The van der Waals surface area contributed by atoms with Crippen molar-refractivity contribution in [2.24, 2.45) is 0 Å². The third-order valence-electron chi connectivity index (χ3n) is 5.28. The summed E-state index contributed by atoms with van der Waals surface area (Å²) in [6.45, 7) is 2.15. The number of benzene rings is 1. The van der Waals surface area contributed by atoms with E-state index in [1.165, 1.54) is 25.7 Å². The highest BCUT2D eigenvalue weighted by Gasteiger charge is 2.40. The molecule has 3 nitrogen and oxygen atoms in total. The van der Waals surface area contributed by atoms with Gasteiger partial charge in [-0.1, -0.05) is 24.3 Å². The summed E-state index contributed by atoms with van der Waals surface area (Å²) in [6, 6.07) is 12.8. The van der Waals surface area contributed by atoms with Crippen molar-refractivity contribution >= 4 is 11.5 Å². The van der Waals surface area contributed by atoms with Crippen molar-refractivity contribution in [3.8, 4) is 0 Å². The molecule has 0 atom stereocenters. The standard InChI is InChI=1S/C18H21N3/c19-15-6-10-20-17(13-15)21-11-8-18(9-12-21)7-5-14-3-1-2-4-16(14)18/h1-4,6,10,13H,5,7-9,11-12H2,(H2,19,20). The van der Waals surface area contributed by atoms with Gasteiger partial charge >= 0.3 is 0 Å². The third-order valence-corrected chi connectivity index (χ3v) is 5.28. The molecule has 1 aliphatic carbocycles. The number of anilines is 2.